The van der Waals surface area contributed by atoms with Gasteiger partial charge in [-0.2, -0.15) is 0 Å². The zero-order valence-corrected chi connectivity index (χ0v) is 15.4. The van der Waals surface area contributed by atoms with Gasteiger partial charge in [0.15, 0.2) is 0 Å². The molecule has 1 aliphatic heterocycles. The molecule has 23 heavy (non-hydrogen) atoms. The molecule has 1 unspecified atom stereocenters. The minimum atomic E-state index is -0.579. The van der Waals surface area contributed by atoms with Gasteiger partial charge >= 0.3 is 11.9 Å². The lowest BCUT2D eigenvalue weighted by Crippen LogP contribution is -2.43. The molecule has 2 rings (SSSR count). The second-order valence-electron chi connectivity index (χ2n) is 5.62. The van der Waals surface area contributed by atoms with E-state index in [4.69, 9.17) is 9.47 Å². The average molecular weight is 431 g/mol. The van der Waals surface area contributed by atoms with E-state index in [1.807, 2.05) is 52.9 Å². The molecule has 6 heteroatoms. The Labute approximate surface area is 150 Å². The smallest absolute Gasteiger partial charge is 0.318 e. The van der Waals surface area contributed by atoms with Gasteiger partial charge in [0.05, 0.1) is 6.42 Å². The van der Waals surface area contributed by atoms with Gasteiger partial charge in [-0.1, -0.05) is 52.9 Å². The van der Waals surface area contributed by atoms with Crippen molar-refractivity contribution in [1.29, 1.82) is 0 Å². The highest BCUT2D eigenvalue weighted by Crippen LogP contribution is 2.35. The molecule has 1 aromatic rings. The van der Waals surface area contributed by atoms with Crippen LogP contribution in [0.3, 0.4) is 0 Å². The van der Waals surface area contributed by atoms with Gasteiger partial charge in [-0.15, -0.1) is 0 Å². The number of alkyl halides is 1. The third kappa shape index (κ3) is 5.17. The van der Waals surface area contributed by atoms with Crippen LogP contribution in [0.25, 0.3) is 0 Å². The molecule has 0 aromatic heterocycles. The Kier molecular flexibility index (Phi) is 6.83. The van der Waals surface area contributed by atoms with E-state index in [-0.39, 0.29) is 28.9 Å². The molecule has 0 radical (unpaired) electrons. The monoisotopic (exact) mass is 431 g/mol. The molecule has 1 N–H and O–H groups in total. The summed E-state index contributed by atoms with van der Waals surface area (Å²) in [4.78, 5) is 23.6. The van der Waals surface area contributed by atoms with Crippen molar-refractivity contribution in [2.75, 3.05) is 19.7 Å². The molecule has 0 saturated carbocycles. The highest BCUT2D eigenvalue weighted by atomic mass is 127. The number of piperidine rings is 1. The van der Waals surface area contributed by atoms with E-state index < -0.39 is 5.60 Å². The van der Waals surface area contributed by atoms with Gasteiger partial charge in [-0.3, -0.25) is 9.59 Å². The molecule has 126 valence electrons. The number of hydrogen-bond acceptors (Lipinski definition) is 5. The predicted molar refractivity (Wildman–Crippen MR) is 95.4 cm³/mol. The summed E-state index contributed by atoms with van der Waals surface area (Å²) >= 11 is 1.98. The number of rotatable bonds is 6. The lowest BCUT2D eigenvalue weighted by molar-refractivity contribution is -0.166. The van der Waals surface area contributed by atoms with Crippen LogP contribution in [-0.4, -0.2) is 35.6 Å². The van der Waals surface area contributed by atoms with Crippen molar-refractivity contribution >= 4 is 34.5 Å². The minimum absolute atomic E-state index is 0.0636. The Morgan fingerprint density at radius 3 is 2.52 bits per heavy atom. The van der Waals surface area contributed by atoms with Gasteiger partial charge in [-0.25, -0.2) is 0 Å². The Balaban J connectivity index is 1.96. The molecular weight excluding hydrogens is 409 g/mol. The third-order valence-electron chi connectivity index (χ3n) is 3.90. The van der Waals surface area contributed by atoms with E-state index in [1.165, 1.54) is 0 Å². The van der Waals surface area contributed by atoms with Gasteiger partial charge in [0.1, 0.15) is 16.1 Å². The van der Waals surface area contributed by atoms with Crippen molar-refractivity contribution in [3.05, 3.63) is 35.9 Å². The number of nitrogens with one attached hydrogen (secondary N) is 1. The second kappa shape index (κ2) is 8.63. The van der Waals surface area contributed by atoms with Crippen LogP contribution in [0.2, 0.25) is 0 Å². The maximum atomic E-state index is 12.2. The number of hydrogen-bond donors (Lipinski definition) is 1. The Hall–Kier alpha value is -1.15. The topological polar surface area (TPSA) is 64.6 Å². The Morgan fingerprint density at radius 1 is 1.26 bits per heavy atom. The van der Waals surface area contributed by atoms with Gasteiger partial charge in [0.2, 0.25) is 0 Å². The van der Waals surface area contributed by atoms with E-state index in [0.29, 0.717) is 0 Å². The first-order valence-corrected chi connectivity index (χ1v) is 9.07. The van der Waals surface area contributed by atoms with Gasteiger partial charge in [-0.05, 0) is 25.6 Å². The lowest BCUT2D eigenvalue weighted by atomic mass is 9.85. The summed E-state index contributed by atoms with van der Waals surface area (Å²) in [5, 5.41) is 3.29. The number of halogens is 1. The quantitative estimate of drug-likeness (QED) is 0.426. The maximum absolute atomic E-state index is 12.2. The average Bonchev–Trinajstić information content (AvgIpc) is 2.56. The molecule has 1 heterocycles. The van der Waals surface area contributed by atoms with Gasteiger partial charge in [0, 0.05) is 12.8 Å². The molecular formula is C17H22INO4. The van der Waals surface area contributed by atoms with Crippen molar-refractivity contribution in [1.82, 2.24) is 5.32 Å². The zero-order chi connectivity index (χ0) is 16.7. The second-order valence-corrected chi connectivity index (χ2v) is 7.49. The largest absolute Gasteiger partial charge is 0.464 e. The first-order chi connectivity index (χ1) is 11.0. The molecule has 1 aromatic carbocycles. The van der Waals surface area contributed by atoms with E-state index in [2.05, 4.69) is 5.32 Å². The van der Waals surface area contributed by atoms with Crippen molar-refractivity contribution in [2.45, 2.75) is 35.7 Å². The summed E-state index contributed by atoms with van der Waals surface area (Å²) in [7, 11) is 0. The highest BCUT2D eigenvalue weighted by Gasteiger charge is 2.37. The number of esters is 2. The summed E-state index contributed by atoms with van der Waals surface area (Å²) in [6, 6.07) is 9.85. The Morgan fingerprint density at radius 2 is 1.91 bits per heavy atom. The van der Waals surface area contributed by atoms with E-state index in [1.54, 1.807) is 6.92 Å². The van der Waals surface area contributed by atoms with E-state index in [0.717, 1.165) is 31.5 Å². The molecule has 5 nitrogen and oxygen atoms in total. The number of carbonyl (C=O) groups is 2. The summed E-state index contributed by atoms with van der Waals surface area (Å²) in [5.41, 5.74) is 0.442. The zero-order valence-electron chi connectivity index (χ0n) is 13.2. The van der Waals surface area contributed by atoms with Crippen LogP contribution >= 0.6 is 22.6 Å². The lowest BCUT2D eigenvalue weighted by Gasteiger charge is -2.37. The first-order valence-electron chi connectivity index (χ1n) is 7.82. The molecule has 0 spiro atoms. The van der Waals surface area contributed by atoms with Crippen LogP contribution in [0.5, 0.6) is 0 Å². The highest BCUT2D eigenvalue weighted by molar-refractivity contribution is 14.1. The summed E-state index contributed by atoms with van der Waals surface area (Å²) < 4.78 is 10.7. The molecule has 1 aliphatic rings. The molecule has 0 amide bonds. The normalized spacial score (nSPS) is 18.0. The standard InChI is InChI=1S/C17H22INO4/c1-13(18)16(21)22-12-7-15(20)23-17(8-10-19-11-9-17)14-5-3-2-4-6-14/h2-6,13,19H,7-12H2,1H3. The van der Waals surface area contributed by atoms with Crippen molar-refractivity contribution in [3.63, 3.8) is 0 Å². The van der Waals surface area contributed by atoms with Crippen LogP contribution in [-0.2, 0) is 24.7 Å². The molecule has 0 aliphatic carbocycles. The number of ether oxygens (including phenoxy) is 2. The molecule has 1 fully saturated rings. The van der Waals surface area contributed by atoms with Crippen LogP contribution in [0.15, 0.2) is 30.3 Å². The minimum Gasteiger partial charge on any atom is -0.464 e. The van der Waals surface area contributed by atoms with Gasteiger partial charge < -0.3 is 14.8 Å². The fraction of sp³-hybridized carbons (Fsp3) is 0.529. The molecule has 1 atom stereocenters. The maximum Gasteiger partial charge on any atom is 0.318 e. The van der Waals surface area contributed by atoms with Crippen LogP contribution in [0.4, 0.5) is 0 Å². The third-order valence-corrected chi connectivity index (χ3v) is 4.40. The van der Waals surface area contributed by atoms with Crippen molar-refractivity contribution in [2.24, 2.45) is 0 Å². The number of benzene rings is 1. The van der Waals surface area contributed by atoms with Crippen LogP contribution < -0.4 is 5.32 Å². The van der Waals surface area contributed by atoms with Crippen molar-refractivity contribution < 1.29 is 19.1 Å². The molecule has 0 bridgehead atoms. The van der Waals surface area contributed by atoms with E-state index in [9.17, 15) is 9.59 Å². The van der Waals surface area contributed by atoms with E-state index >= 15 is 0 Å². The fourth-order valence-corrected chi connectivity index (χ4v) is 2.82. The Bertz CT molecular complexity index is 527. The number of carbonyl (C=O) groups excluding carboxylic acids is 2. The summed E-state index contributed by atoms with van der Waals surface area (Å²) in [6.45, 7) is 3.43. The summed E-state index contributed by atoms with van der Waals surface area (Å²) in [6.07, 6.45) is 1.57. The summed E-state index contributed by atoms with van der Waals surface area (Å²) in [5.74, 6) is -0.636. The van der Waals surface area contributed by atoms with Crippen LogP contribution in [0, 0.1) is 0 Å². The van der Waals surface area contributed by atoms with Crippen LogP contribution in [0.1, 0.15) is 31.7 Å². The SMILES string of the molecule is CC(I)C(=O)OCCC(=O)OC1(c2ccccc2)CCNCC1. The fourth-order valence-electron chi connectivity index (χ4n) is 2.64. The first kappa shape index (κ1) is 18.2. The van der Waals surface area contributed by atoms with Gasteiger partial charge in [0.25, 0.3) is 0 Å². The molecule has 1 saturated heterocycles. The predicted octanol–water partition coefficient (Wildman–Crippen LogP) is 2.57. The van der Waals surface area contributed by atoms with Crippen molar-refractivity contribution in [3.8, 4) is 0 Å².